The van der Waals surface area contributed by atoms with Crippen LogP contribution in [0.3, 0.4) is 0 Å². The Morgan fingerprint density at radius 3 is 2.40 bits per heavy atom. The number of hydrogen-bond acceptors (Lipinski definition) is 4. The SMILES string of the molecule is CC.Cc1c(F)c(P)c(F)c(F)c1CC(=O)N(C)c1nc2c(nc1Cc1ccccc1)-c1ccc(N)cc1CC2. The number of rotatable bonds is 5. The Balaban J connectivity index is 0.00000181. The van der Waals surface area contributed by atoms with Crippen molar-refractivity contribution in [3.63, 3.8) is 0 Å². The number of anilines is 2. The molecule has 40 heavy (non-hydrogen) atoms. The van der Waals surface area contributed by atoms with E-state index in [4.69, 9.17) is 15.7 Å². The Hall–Kier alpha value is -3.77. The van der Waals surface area contributed by atoms with E-state index >= 15 is 0 Å². The van der Waals surface area contributed by atoms with E-state index in [0.717, 1.165) is 34.5 Å². The molecule has 0 bridgehead atoms. The van der Waals surface area contributed by atoms with Crippen LogP contribution in [0.5, 0.6) is 0 Å². The topological polar surface area (TPSA) is 72.1 Å². The third kappa shape index (κ3) is 5.59. The molecule has 0 aliphatic heterocycles. The number of aryl methyl sites for hydroxylation is 2. The van der Waals surface area contributed by atoms with Gasteiger partial charge in [-0.2, -0.15) is 0 Å². The zero-order valence-corrected chi connectivity index (χ0v) is 24.1. The van der Waals surface area contributed by atoms with E-state index in [1.165, 1.54) is 18.9 Å². The first kappa shape index (κ1) is 29.2. The highest BCUT2D eigenvalue weighted by Gasteiger charge is 2.27. The standard InChI is InChI=1S/C29H26F3N4OP.C2H6/c1-15-20(25(31)26(32)28(38)24(15)30)14-23(37)36(2)29-22(12-16-6-4-3-5-7-16)34-27-19-10-9-18(33)13-17(19)8-11-21(27)35-29;1-2/h3-7,9-10,13H,8,11-12,14,33,38H2,1-2H3;1-2H3. The summed E-state index contributed by atoms with van der Waals surface area (Å²) in [4.78, 5) is 24.5. The molecule has 208 valence electrons. The highest BCUT2D eigenvalue weighted by atomic mass is 31.0. The summed E-state index contributed by atoms with van der Waals surface area (Å²) in [5.74, 6) is -3.67. The summed E-state index contributed by atoms with van der Waals surface area (Å²) in [6.07, 6.45) is 1.20. The van der Waals surface area contributed by atoms with Crippen molar-refractivity contribution in [1.82, 2.24) is 9.97 Å². The van der Waals surface area contributed by atoms with Gasteiger partial charge in [-0.3, -0.25) is 9.69 Å². The van der Waals surface area contributed by atoms with Crippen LogP contribution in [0.4, 0.5) is 24.7 Å². The largest absolute Gasteiger partial charge is 0.399 e. The molecule has 1 aliphatic rings. The molecule has 5 nitrogen and oxygen atoms in total. The molecule has 0 radical (unpaired) electrons. The second kappa shape index (κ2) is 12.2. The fourth-order valence-corrected chi connectivity index (χ4v) is 5.15. The summed E-state index contributed by atoms with van der Waals surface area (Å²) in [5.41, 5.74) is 11.3. The molecule has 3 aromatic carbocycles. The summed E-state index contributed by atoms with van der Waals surface area (Å²) in [6, 6.07) is 15.3. The molecule has 1 heterocycles. The van der Waals surface area contributed by atoms with E-state index in [9.17, 15) is 18.0 Å². The Labute approximate surface area is 234 Å². The minimum Gasteiger partial charge on any atom is -0.399 e. The quantitative estimate of drug-likeness (QED) is 0.187. The van der Waals surface area contributed by atoms with Crippen LogP contribution in [0.1, 0.15) is 47.5 Å². The zero-order chi connectivity index (χ0) is 29.1. The van der Waals surface area contributed by atoms with Crippen LogP contribution in [-0.4, -0.2) is 22.9 Å². The molecular weight excluding hydrogens is 532 g/mol. The van der Waals surface area contributed by atoms with Crippen LogP contribution in [-0.2, 0) is 30.5 Å². The predicted molar refractivity (Wildman–Crippen MR) is 157 cm³/mol. The summed E-state index contributed by atoms with van der Waals surface area (Å²) in [7, 11) is 3.38. The average Bonchev–Trinajstić information content (AvgIpc) is 2.97. The van der Waals surface area contributed by atoms with Gasteiger partial charge in [-0.1, -0.05) is 59.5 Å². The van der Waals surface area contributed by atoms with Gasteiger partial charge >= 0.3 is 0 Å². The van der Waals surface area contributed by atoms with E-state index in [1.807, 2.05) is 71.6 Å². The van der Waals surface area contributed by atoms with Crippen LogP contribution >= 0.6 is 9.24 Å². The number of hydrogen-bond donors (Lipinski definition) is 1. The van der Waals surface area contributed by atoms with Crippen molar-refractivity contribution in [2.75, 3.05) is 17.7 Å². The minimum absolute atomic E-state index is 0.104. The first-order chi connectivity index (χ1) is 19.2. The fraction of sp³-hybridized carbons (Fsp3) is 0.258. The van der Waals surface area contributed by atoms with Gasteiger partial charge in [-0.15, -0.1) is 0 Å². The van der Waals surface area contributed by atoms with Crippen molar-refractivity contribution in [2.45, 2.75) is 46.5 Å². The Morgan fingerprint density at radius 2 is 1.70 bits per heavy atom. The van der Waals surface area contributed by atoms with Crippen molar-refractivity contribution in [3.05, 3.63) is 99.6 Å². The monoisotopic (exact) mass is 564 g/mol. The molecule has 9 heteroatoms. The van der Waals surface area contributed by atoms with Crippen LogP contribution in [0, 0.1) is 24.4 Å². The molecule has 0 saturated heterocycles. The maximum absolute atomic E-state index is 14.7. The van der Waals surface area contributed by atoms with Gasteiger partial charge in [-0.25, -0.2) is 23.1 Å². The maximum atomic E-state index is 14.7. The average molecular weight is 565 g/mol. The van der Waals surface area contributed by atoms with E-state index in [1.54, 1.807) is 0 Å². The van der Waals surface area contributed by atoms with Crippen molar-refractivity contribution in [2.24, 2.45) is 0 Å². The molecule has 0 saturated carbocycles. The third-order valence-electron chi connectivity index (χ3n) is 6.98. The molecule has 1 unspecified atom stereocenters. The lowest BCUT2D eigenvalue weighted by Gasteiger charge is -2.25. The van der Waals surface area contributed by atoms with Gasteiger partial charge in [0.05, 0.1) is 23.5 Å². The lowest BCUT2D eigenvalue weighted by Crippen LogP contribution is -2.32. The van der Waals surface area contributed by atoms with Crippen molar-refractivity contribution in [3.8, 4) is 11.3 Å². The number of nitrogen functional groups attached to an aromatic ring is 1. The number of nitrogens with zero attached hydrogens (tertiary/aromatic N) is 3. The van der Waals surface area contributed by atoms with Gasteiger partial charge in [-0.05, 0) is 48.6 Å². The summed E-state index contributed by atoms with van der Waals surface area (Å²) >= 11 is 0. The Kier molecular flexibility index (Phi) is 8.89. The molecule has 4 aromatic rings. The van der Waals surface area contributed by atoms with Gasteiger partial charge in [0.2, 0.25) is 5.91 Å². The highest BCUT2D eigenvalue weighted by molar-refractivity contribution is 7.27. The van der Waals surface area contributed by atoms with Gasteiger partial charge in [0, 0.05) is 35.6 Å². The number of carbonyl (C=O) groups excluding carboxylic acids is 1. The molecule has 2 N–H and O–H groups in total. The van der Waals surface area contributed by atoms with E-state index < -0.39 is 35.1 Å². The second-order valence-electron chi connectivity index (χ2n) is 9.46. The van der Waals surface area contributed by atoms with Crippen LogP contribution in [0.15, 0.2) is 48.5 Å². The summed E-state index contributed by atoms with van der Waals surface area (Å²) < 4.78 is 43.4. The van der Waals surface area contributed by atoms with E-state index in [0.29, 0.717) is 30.0 Å². The molecule has 1 aliphatic carbocycles. The number of aromatic nitrogens is 2. The second-order valence-corrected chi connectivity index (χ2v) is 10.0. The predicted octanol–water partition coefficient (Wildman–Crippen LogP) is 5.87. The molecule has 1 atom stereocenters. The number of likely N-dealkylation sites (N-methyl/N-ethyl adjacent to an activating group) is 1. The summed E-state index contributed by atoms with van der Waals surface area (Å²) in [6.45, 7) is 5.33. The number of benzene rings is 3. The number of halogens is 3. The maximum Gasteiger partial charge on any atom is 0.232 e. The molecule has 0 fully saturated rings. The molecule has 0 spiro atoms. The van der Waals surface area contributed by atoms with Crippen molar-refractivity contribution < 1.29 is 18.0 Å². The normalized spacial score (nSPS) is 11.7. The van der Waals surface area contributed by atoms with Gasteiger partial charge in [0.25, 0.3) is 0 Å². The smallest absolute Gasteiger partial charge is 0.232 e. The Bertz CT molecular complexity index is 1550. The van der Waals surface area contributed by atoms with E-state index in [-0.39, 0.29) is 11.1 Å². The minimum atomic E-state index is -1.32. The first-order valence-electron chi connectivity index (χ1n) is 13.2. The number of carbonyl (C=O) groups is 1. The highest BCUT2D eigenvalue weighted by Crippen LogP contribution is 2.35. The number of fused-ring (bicyclic) bond motifs is 3. The van der Waals surface area contributed by atoms with Crippen LogP contribution in [0.25, 0.3) is 11.3 Å². The first-order valence-corrected chi connectivity index (χ1v) is 13.7. The number of nitrogens with two attached hydrogens (primary N) is 1. The third-order valence-corrected chi connectivity index (χ3v) is 7.49. The molecule has 1 aromatic heterocycles. The zero-order valence-electron chi connectivity index (χ0n) is 23.0. The summed E-state index contributed by atoms with van der Waals surface area (Å²) in [5, 5.41) is -0.489. The van der Waals surface area contributed by atoms with Crippen molar-refractivity contribution in [1.29, 1.82) is 0 Å². The Morgan fingerprint density at radius 1 is 1.00 bits per heavy atom. The van der Waals surface area contributed by atoms with Crippen LogP contribution < -0.4 is 15.9 Å². The van der Waals surface area contributed by atoms with Gasteiger partial charge in [0.1, 0.15) is 5.82 Å². The molecule has 5 rings (SSSR count). The van der Waals surface area contributed by atoms with Gasteiger partial charge < -0.3 is 5.73 Å². The lowest BCUT2D eigenvalue weighted by atomic mass is 9.91. The molecular formula is C31H32F3N4OP. The van der Waals surface area contributed by atoms with Gasteiger partial charge in [0.15, 0.2) is 17.5 Å². The van der Waals surface area contributed by atoms with E-state index in [2.05, 4.69) is 0 Å². The fourth-order valence-electron chi connectivity index (χ4n) is 4.81. The van der Waals surface area contributed by atoms with Crippen LogP contribution in [0.2, 0.25) is 0 Å². The lowest BCUT2D eigenvalue weighted by molar-refractivity contribution is -0.117. The van der Waals surface area contributed by atoms with Crippen molar-refractivity contribution >= 4 is 32.0 Å². The number of amides is 1. The molecule has 1 amide bonds.